The predicted octanol–water partition coefficient (Wildman–Crippen LogP) is 3.79. The van der Waals surface area contributed by atoms with E-state index in [2.05, 4.69) is 10.3 Å². The minimum Gasteiger partial charge on any atom is -0.484 e. The van der Waals surface area contributed by atoms with Crippen molar-refractivity contribution in [3.63, 3.8) is 0 Å². The second kappa shape index (κ2) is 7.52. The number of likely N-dealkylation sites (tertiary alicyclic amines) is 1. The molecule has 1 aliphatic heterocycles. The number of aromatic nitrogens is 1. The van der Waals surface area contributed by atoms with Crippen LogP contribution in [0.25, 0.3) is 10.2 Å². The first kappa shape index (κ1) is 19.5. The molecule has 2 heterocycles. The number of thiazole rings is 1. The summed E-state index contributed by atoms with van der Waals surface area (Å²) in [5.41, 5.74) is 2.09. The number of ether oxygens (including phenoxy) is 1. The van der Waals surface area contributed by atoms with E-state index in [1.165, 1.54) is 0 Å². The number of hydrogen-bond donors (Lipinski definition) is 2. The first-order valence-corrected chi connectivity index (χ1v) is 11.0. The first-order valence-electron chi connectivity index (χ1n) is 10.1. The van der Waals surface area contributed by atoms with Crippen LogP contribution in [0.1, 0.15) is 46.5 Å². The van der Waals surface area contributed by atoms with Gasteiger partial charge in [-0.25, -0.2) is 9.78 Å². The summed E-state index contributed by atoms with van der Waals surface area (Å²) in [5.74, 6) is 1.11. The van der Waals surface area contributed by atoms with E-state index in [1.807, 2.05) is 49.4 Å². The average Bonchev–Trinajstić information content (AvgIpc) is 3.13. The number of para-hydroxylation sites is 1. The zero-order valence-corrected chi connectivity index (χ0v) is 17.5. The Hall–Kier alpha value is -1.86. The molecule has 0 unspecified atom stereocenters. The molecule has 1 aromatic heterocycles. The molecule has 2 atom stereocenters. The first-order chi connectivity index (χ1) is 13.3. The maximum absolute atomic E-state index is 12.7. The third-order valence-electron chi connectivity index (χ3n) is 6.32. The summed E-state index contributed by atoms with van der Waals surface area (Å²) >= 11 is 1.60. The number of aliphatic hydroxyl groups is 1. The molecule has 1 saturated heterocycles. The zero-order chi connectivity index (χ0) is 19.9. The van der Waals surface area contributed by atoms with Gasteiger partial charge in [-0.15, -0.1) is 11.3 Å². The Morgan fingerprint density at radius 2 is 2.07 bits per heavy atom. The zero-order valence-electron chi connectivity index (χ0n) is 16.7. The molecule has 7 heteroatoms. The molecule has 0 spiro atoms. The average molecular weight is 404 g/mol. The number of carbonyl (C=O) groups is 1. The normalized spacial score (nSPS) is 28.1. The molecule has 152 valence electrons. The van der Waals surface area contributed by atoms with Crippen molar-refractivity contribution in [1.82, 2.24) is 15.2 Å². The molecular weight excluding hydrogens is 374 g/mol. The number of rotatable bonds is 4. The van der Waals surface area contributed by atoms with Crippen LogP contribution in [-0.2, 0) is 0 Å². The van der Waals surface area contributed by atoms with Crippen LogP contribution in [0.4, 0.5) is 4.79 Å². The summed E-state index contributed by atoms with van der Waals surface area (Å²) in [6, 6.07) is 6.18. The Kier molecular flexibility index (Phi) is 5.22. The maximum Gasteiger partial charge on any atom is 0.318 e. The molecule has 2 amide bonds. The van der Waals surface area contributed by atoms with Crippen molar-refractivity contribution in [3.8, 4) is 5.75 Å². The molecule has 1 aliphatic carbocycles. The Labute approximate surface area is 169 Å². The van der Waals surface area contributed by atoms with Crippen LogP contribution >= 0.6 is 11.3 Å². The largest absolute Gasteiger partial charge is 0.484 e. The second-order valence-corrected chi connectivity index (χ2v) is 9.54. The lowest BCUT2D eigenvalue weighted by atomic mass is 9.77. The molecule has 28 heavy (non-hydrogen) atoms. The number of nitrogens with zero attached hydrogens (tertiary/aromatic N) is 2. The van der Waals surface area contributed by atoms with Gasteiger partial charge < -0.3 is 20.1 Å². The van der Waals surface area contributed by atoms with Gasteiger partial charge in [0.15, 0.2) is 0 Å². The van der Waals surface area contributed by atoms with Gasteiger partial charge in [0.25, 0.3) is 0 Å². The van der Waals surface area contributed by atoms with Gasteiger partial charge in [-0.1, -0.05) is 6.07 Å². The van der Waals surface area contributed by atoms with Crippen molar-refractivity contribution in [2.45, 2.75) is 70.2 Å². The maximum atomic E-state index is 12.7. The number of amides is 2. The summed E-state index contributed by atoms with van der Waals surface area (Å²) in [4.78, 5) is 18.9. The van der Waals surface area contributed by atoms with Gasteiger partial charge in [-0.3, -0.25) is 0 Å². The van der Waals surface area contributed by atoms with Gasteiger partial charge in [-0.05, 0) is 64.5 Å². The lowest BCUT2D eigenvalue weighted by Crippen LogP contribution is -2.65. The minimum atomic E-state index is -0.633. The lowest BCUT2D eigenvalue weighted by molar-refractivity contribution is -0.0120. The quantitative estimate of drug-likeness (QED) is 0.815. The van der Waals surface area contributed by atoms with Crippen molar-refractivity contribution >= 4 is 27.6 Å². The SMILES string of the molecule is C[C@@H]1[C@H](Oc2cccc3scnc23)CN1C(=O)N[C@H]1CC[C@H](C(C)(C)O)CC1. The number of hydrogen-bond acceptors (Lipinski definition) is 5. The molecule has 2 N–H and O–H groups in total. The van der Waals surface area contributed by atoms with Crippen LogP contribution in [0, 0.1) is 5.92 Å². The molecule has 0 radical (unpaired) electrons. The van der Waals surface area contributed by atoms with Gasteiger partial charge in [0, 0.05) is 6.04 Å². The smallest absolute Gasteiger partial charge is 0.318 e. The molecule has 1 aromatic carbocycles. The number of carbonyl (C=O) groups excluding carboxylic acids is 1. The van der Waals surface area contributed by atoms with E-state index in [4.69, 9.17) is 4.74 Å². The second-order valence-electron chi connectivity index (χ2n) is 8.66. The van der Waals surface area contributed by atoms with Crippen molar-refractivity contribution in [1.29, 1.82) is 0 Å². The fraction of sp³-hybridized carbons (Fsp3) is 0.619. The summed E-state index contributed by atoms with van der Waals surface area (Å²) in [5, 5.41) is 13.3. The summed E-state index contributed by atoms with van der Waals surface area (Å²) in [6.45, 7) is 6.38. The Bertz CT molecular complexity index is 839. The molecule has 1 saturated carbocycles. The fourth-order valence-corrected chi connectivity index (χ4v) is 4.99. The highest BCUT2D eigenvalue weighted by Gasteiger charge is 2.41. The molecule has 0 bridgehead atoms. The van der Waals surface area contributed by atoms with Gasteiger partial charge in [-0.2, -0.15) is 0 Å². The highest BCUT2D eigenvalue weighted by molar-refractivity contribution is 7.16. The molecule has 4 rings (SSSR count). The highest BCUT2D eigenvalue weighted by atomic mass is 32.1. The van der Waals surface area contributed by atoms with Gasteiger partial charge in [0.1, 0.15) is 17.4 Å². The standard InChI is InChI=1S/C21H29N3O3S/c1-13-17(27-16-5-4-6-18-19(16)22-12-28-18)11-24(13)20(25)23-15-9-7-14(8-10-15)21(2,3)26/h4-6,12-15,17,26H,7-11H2,1-3H3,(H,23,25)/t13-,14-,15-,17-/m1/s1. The van der Waals surface area contributed by atoms with Crippen LogP contribution in [0.2, 0.25) is 0 Å². The third kappa shape index (κ3) is 3.82. The van der Waals surface area contributed by atoms with Crippen LogP contribution in [0.3, 0.4) is 0 Å². The molecule has 2 aromatic rings. The van der Waals surface area contributed by atoms with Crippen LogP contribution < -0.4 is 10.1 Å². The van der Waals surface area contributed by atoms with E-state index in [1.54, 1.807) is 11.3 Å². The Balaban J connectivity index is 1.28. The van der Waals surface area contributed by atoms with E-state index < -0.39 is 5.60 Å². The monoisotopic (exact) mass is 403 g/mol. The Morgan fingerprint density at radius 1 is 1.32 bits per heavy atom. The molecule has 2 fully saturated rings. The topological polar surface area (TPSA) is 74.7 Å². The van der Waals surface area contributed by atoms with Crippen molar-refractivity contribution in [2.75, 3.05) is 6.54 Å². The molecular formula is C21H29N3O3S. The predicted molar refractivity (Wildman–Crippen MR) is 111 cm³/mol. The number of urea groups is 1. The number of benzene rings is 1. The van der Waals surface area contributed by atoms with E-state index in [-0.39, 0.29) is 24.2 Å². The minimum absolute atomic E-state index is 0.00840. The van der Waals surface area contributed by atoms with E-state index in [0.29, 0.717) is 12.5 Å². The van der Waals surface area contributed by atoms with E-state index in [9.17, 15) is 9.90 Å². The van der Waals surface area contributed by atoms with Crippen molar-refractivity contribution < 1.29 is 14.6 Å². The summed E-state index contributed by atoms with van der Waals surface area (Å²) in [7, 11) is 0. The number of fused-ring (bicyclic) bond motifs is 1. The third-order valence-corrected chi connectivity index (χ3v) is 7.12. The van der Waals surface area contributed by atoms with E-state index in [0.717, 1.165) is 41.6 Å². The van der Waals surface area contributed by atoms with E-state index >= 15 is 0 Å². The molecule has 6 nitrogen and oxygen atoms in total. The summed E-state index contributed by atoms with van der Waals surface area (Å²) < 4.78 is 7.26. The van der Waals surface area contributed by atoms with Gasteiger partial charge in [0.05, 0.1) is 28.4 Å². The number of nitrogens with one attached hydrogen (secondary N) is 1. The highest BCUT2D eigenvalue weighted by Crippen LogP contribution is 2.33. The fourth-order valence-electron chi connectivity index (χ4n) is 4.30. The Morgan fingerprint density at radius 3 is 2.75 bits per heavy atom. The van der Waals surface area contributed by atoms with Gasteiger partial charge >= 0.3 is 6.03 Å². The van der Waals surface area contributed by atoms with Crippen molar-refractivity contribution in [2.24, 2.45) is 5.92 Å². The van der Waals surface area contributed by atoms with Crippen LogP contribution in [0.15, 0.2) is 23.7 Å². The van der Waals surface area contributed by atoms with Crippen LogP contribution in [-0.4, -0.2) is 51.4 Å². The van der Waals surface area contributed by atoms with Crippen molar-refractivity contribution in [3.05, 3.63) is 23.7 Å². The summed E-state index contributed by atoms with van der Waals surface area (Å²) in [6.07, 6.45) is 3.74. The lowest BCUT2D eigenvalue weighted by Gasteiger charge is -2.46. The van der Waals surface area contributed by atoms with Crippen LogP contribution in [0.5, 0.6) is 5.75 Å². The molecule has 2 aliphatic rings. The van der Waals surface area contributed by atoms with Gasteiger partial charge in [0.2, 0.25) is 0 Å².